The van der Waals surface area contributed by atoms with Gasteiger partial charge in [-0.1, -0.05) is 6.92 Å². The lowest BCUT2D eigenvalue weighted by Gasteiger charge is -2.00. The van der Waals surface area contributed by atoms with E-state index >= 15 is 0 Å². The van der Waals surface area contributed by atoms with Crippen LogP contribution in [-0.2, 0) is 13.0 Å². The molecule has 0 atom stereocenters. The Morgan fingerprint density at radius 2 is 2.29 bits per heavy atom. The van der Waals surface area contributed by atoms with Crippen molar-refractivity contribution in [1.29, 1.82) is 0 Å². The van der Waals surface area contributed by atoms with Crippen molar-refractivity contribution in [2.75, 3.05) is 0 Å². The van der Waals surface area contributed by atoms with E-state index in [1.807, 2.05) is 6.07 Å². The molecule has 74 valence electrons. The molecule has 0 aliphatic carbocycles. The molecule has 2 aromatic rings. The quantitative estimate of drug-likeness (QED) is 0.862. The second-order valence-corrected chi connectivity index (χ2v) is 4.38. The number of aryl methyl sites for hydroxylation is 1. The molecule has 0 unspecified atom stereocenters. The molecule has 0 saturated heterocycles. The molecular weight excluding hydrogens is 289 g/mol. The second kappa shape index (κ2) is 3.86. The maximum atomic E-state index is 5.72. The van der Waals surface area contributed by atoms with Crippen LogP contribution in [-0.4, -0.2) is 9.38 Å². The average molecular weight is 301 g/mol. The summed E-state index contributed by atoms with van der Waals surface area (Å²) in [6.45, 7) is 2.65. The zero-order valence-corrected chi connectivity index (χ0v) is 10.2. The number of rotatable bonds is 2. The third kappa shape index (κ3) is 1.52. The van der Waals surface area contributed by atoms with Crippen molar-refractivity contribution in [2.45, 2.75) is 19.9 Å². The lowest BCUT2D eigenvalue weighted by atomic mass is 10.2. The van der Waals surface area contributed by atoms with Crippen molar-refractivity contribution in [3.05, 3.63) is 33.3 Å². The summed E-state index contributed by atoms with van der Waals surface area (Å²) in [6, 6.07) is 4.09. The van der Waals surface area contributed by atoms with Gasteiger partial charge >= 0.3 is 0 Å². The minimum atomic E-state index is 0.546. The predicted octanol–water partition coefficient (Wildman–Crippen LogP) is 1.96. The number of imidazole rings is 1. The SMILES string of the molecule is CCc1nc2ccc(I)cn2c1CN. The highest BCUT2D eigenvalue weighted by Crippen LogP contribution is 2.15. The predicted molar refractivity (Wildman–Crippen MR) is 65.2 cm³/mol. The van der Waals surface area contributed by atoms with Crippen molar-refractivity contribution in [3.8, 4) is 0 Å². The second-order valence-electron chi connectivity index (χ2n) is 3.14. The van der Waals surface area contributed by atoms with Gasteiger partial charge in [-0.05, 0) is 41.1 Å². The molecule has 4 heteroatoms. The third-order valence-corrected chi connectivity index (χ3v) is 2.93. The molecule has 0 saturated carbocycles. The maximum Gasteiger partial charge on any atom is 0.137 e. The minimum Gasteiger partial charge on any atom is -0.325 e. The molecule has 2 heterocycles. The molecule has 0 amide bonds. The lowest BCUT2D eigenvalue weighted by Crippen LogP contribution is -2.03. The zero-order chi connectivity index (χ0) is 10.1. The molecule has 0 aliphatic rings. The fourth-order valence-corrected chi connectivity index (χ4v) is 2.07. The van der Waals surface area contributed by atoms with Crippen LogP contribution < -0.4 is 5.73 Å². The molecule has 2 aromatic heterocycles. The van der Waals surface area contributed by atoms with Crippen LogP contribution in [0, 0.1) is 3.57 Å². The number of nitrogens with zero attached hydrogens (tertiary/aromatic N) is 2. The number of hydrogen-bond acceptors (Lipinski definition) is 2. The summed E-state index contributed by atoms with van der Waals surface area (Å²) in [5, 5.41) is 0. The van der Waals surface area contributed by atoms with Crippen LogP contribution in [0.4, 0.5) is 0 Å². The van der Waals surface area contributed by atoms with Crippen molar-refractivity contribution < 1.29 is 0 Å². The van der Waals surface area contributed by atoms with Gasteiger partial charge in [0, 0.05) is 16.3 Å². The minimum absolute atomic E-state index is 0.546. The van der Waals surface area contributed by atoms with Crippen LogP contribution in [0.2, 0.25) is 0 Å². The van der Waals surface area contributed by atoms with Gasteiger partial charge in [-0.2, -0.15) is 0 Å². The standard InChI is InChI=1S/C10H12IN3/c1-2-8-9(5-12)14-6-7(11)3-4-10(14)13-8/h3-4,6H,2,5,12H2,1H3. The normalized spacial score (nSPS) is 11.1. The van der Waals surface area contributed by atoms with Crippen molar-refractivity contribution >= 4 is 28.2 Å². The van der Waals surface area contributed by atoms with Gasteiger partial charge in [0.05, 0.1) is 11.4 Å². The maximum absolute atomic E-state index is 5.72. The first kappa shape index (κ1) is 9.92. The fourth-order valence-electron chi connectivity index (χ4n) is 1.62. The average Bonchev–Trinajstić information content (AvgIpc) is 2.54. The molecule has 2 rings (SSSR count). The Bertz CT molecular complexity index is 462. The summed E-state index contributed by atoms with van der Waals surface area (Å²) >= 11 is 2.29. The third-order valence-electron chi connectivity index (χ3n) is 2.29. The molecule has 0 fully saturated rings. The van der Waals surface area contributed by atoms with Crippen molar-refractivity contribution in [2.24, 2.45) is 5.73 Å². The Morgan fingerprint density at radius 1 is 1.50 bits per heavy atom. The molecule has 0 aromatic carbocycles. The molecule has 0 aliphatic heterocycles. The van der Waals surface area contributed by atoms with E-state index in [-0.39, 0.29) is 0 Å². The number of halogens is 1. The molecule has 0 radical (unpaired) electrons. The molecule has 3 nitrogen and oxygen atoms in total. The van der Waals surface area contributed by atoms with Crippen molar-refractivity contribution in [3.63, 3.8) is 0 Å². The number of aromatic nitrogens is 2. The van der Waals surface area contributed by atoms with E-state index in [9.17, 15) is 0 Å². The fraction of sp³-hybridized carbons (Fsp3) is 0.300. The van der Waals surface area contributed by atoms with Gasteiger partial charge in [-0.3, -0.25) is 0 Å². The largest absolute Gasteiger partial charge is 0.325 e. The molecule has 14 heavy (non-hydrogen) atoms. The lowest BCUT2D eigenvalue weighted by molar-refractivity contribution is 0.914. The smallest absolute Gasteiger partial charge is 0.137 e. The molecule has 0 spiro atoms. The highest BCUT2D eigenvalue weighted by molar-refractivity contribution is 14.1. The van der Waals surface area contributed by atoms with Gasteiger partial charge in [0.15, 0.2) is 0 Å². The Balaban J connectivity index is 2.74. The van der Waals surface area contributed by atoms with Crippen LogP contribution in [0.25, 0.3) is 5.65 Å². The number of nitrogens with two attached hydrogens (primary N) is 1. The Labute approximate surface area is 96.5 Å². The van der Waals surface area contributed by atoms with E-state index in [2.05, 4.69) is 51.2 Å². The topological polar surface area (TPSA) is 43.3 Å². The highest BCUT2D eigenvalue weighted by atomic mass is 127. The Hall–Kier alpha value is -0.620. The van der Waals surface area contributed by atoms with Gasteiger partial charge in [-0.25, -0.2) is 4.98 Å². The summed E-state index contributed by atoms with van der Waals surface area (Å²) in [7, 11) is 0. The van der Waals surface area contributed by atoms with E-state index in [4.69, 9.17) is 5.73 Å². The Morgan fingerprint density at radius 3 is 2.93 bits per heavy atom. The van der Waals surface area contributed by atoms with Gasteiger partial charge in [0.25, 0.3) is 0 Å². The molecule has 0 bridgehead atoms. The summed E-state index contributed by atoms with van der Waals surface area (Å²) < 4.78 is 3.28. The first-order chi connectivity index (χ1) is 6.76. The van der Waals surface area contributed by atoms with Crippen LogP contribution in [0.5, 0.6) is 0 Å². The molecular formula is C10H12IN3. The summed E-state index contributed by atoms with van der Waals surface area (Å²) in [5.41, 5.74) is 8.94. The number of hydrogen-bond donors (Lipinski definition) is 1. The first-order valence-corrected chi connectivity index (χ1v) is 5.69. The number of pyridine rings is 1. The summed E-state index contributed by atoms with van der Waals surface area (Å²) in [5.74, 6) is 0. The van der Waals surface area contributed by atoms with Crippen molar-refractivity contribution in [1.82, 2.24) is 9.38 Å². The van der Waals surface area contributed by atoms with Crippen LogP contribution >= 0.6 is 22.6 Å². The van der Waals surface area contributed by atoms with E-state index in [1.54, 1.807) is 0 Å². The summed E-state index contributed by atoms with van der Waals surface area (Å²) in [6.07, 6.45) is 3.01. The monoisotopic (exact) mass is 301 g/mol. The highest BCUT2D eigenvalue weighted by Gasteiger charge is 2.08. The summed E-state index contributed by atoms with van der Waals surface area (Å²) in [4.78, 5) is 4.52. The van der Waals surface area contributed by atoms with Crippen LogP contribution in [0.3, 0.4) is 0 Å². The van der Waals surface area contributed by atoms with Crippen LogP contribution in [0.1, 0.15) is 18.3 Å². The van der Waals surface area contributed by atoms with Gasteiger partial charge in [0.2, 0.25) is 0 Å². The van der Waals surface area contributed by atoms with Gasteiger partial charge in [0.1, 0.15) is 5.65 Å². The van der Waals surface area contributed by atoms with Crippen LogP contribution in [0.15, 0.2) is 18.3 Å². The number of fused-ring (bicyclic) bond motifs is 1. The first-order valence-electron chi connectivity index (χ1n) is 4.61. The Kier molecular flexibility index (Phi) is 2.73. The van der Waals surface area contributed by atoms with Gasteiger partial charge in [-0.15, -0.1) is 0 Å². The van der Waals surface area contributed by atoms with E-state index < -0.39 is 0 Å². The molecule has 2 N–H and O–H groups in total. The zero-order valence-electron chi connectivity index (χ0n) is 8.00. The van der Waals surface area contributed by atoms with Gasteiger partial charge < -0.3 is 10.1 Å². The van der Waals surface area contributed by atoms with E-state index in [0.29, 0.717) is 6.54 Å². The van der Waals surface area contributed by atoms with E-state index in [0.717, 1.165) is 23.5 Å². The van der Waals surface area contributed by atoms with E-state index in [1.165, 1.54) is 3.57 Å².